The first-order valence-corrected chi connectivity index (χ1v) is 13.6. The van der Waals surface area contributed by atoms with Crippen LogP contribution in [0.2, 0.25) is 10.0 Å². The molecule has 0 atom stereocenters. The van der Waals surface area contributed by atoms with Crippen molar-refractivity contribution < 1.29 is 14.3 Å². The summed E-state index contributed by atoms with van der Waals surface area (Å²) in [7, 11) is 1.29. The summed E-state index contributed by atoms with van der Waals surface area (Å²) in [5, 5.41) is 12.3. The van der Waals surface area contributed by atoms with E-state index in [4.69, 9.17) is 40.2 Å². The van der Waals surface area contributed by atoms with E-state index >= 15 is 0 Å². The summed E-state index contributed by atoms with van der Waals surface area (Å²) in [4.78, 5) is 27.7. The number of nitrogens with zero attached hydrogens (tertiary/aromatic N) is 3. The number of benzene rings is 1. The highest BCUT2D eigenvalue weighted by Crippen LogP contribution is 2.35. The van der Waals surface area contributed by atoms with Gasteiger partial charge in [0.15, 0.2) is 10.9 Å². The number of carbonyl (C=O) groups excluding carboxylic acids is 2. The molecule has 3 rings (SSSR count). The van der Waals surface area contributed by atoms with E-state index in [-0.39, 0.29) is 16.6 Å². The van der Waals surface area contributed by atoms with Crippen molar-refractivity contribution in [2.45, 2.75) is 27.3 Å². The molecule has 13 heteroatoms. The zero-order valence-corrected chi connectivity index (χ0v) is 24.7. The number of carbonyl (C=O) groups is 2. The summed E-state index contributed by atoms with van der Waals surface area (Å²) in [6, 6.07) is 5.28. The molecule has 8 nitrogen and oxygen atoms in total. The van der Waals surface area contributed by atoms with E-state index in [2.05, 4.69) is 31.7 Å². The lowest BCUT2D eigenvalue weighted by atomic mass is 10.1. The molecule has 2 N–H and O–H groups in total. The zero-order chi connectivity index (χ0) is 26.6. The third kappa shape index (κ3) is 6.38. The summed E-state index contributed by atoms with van der Waals surface area (Å²) >= 11 is 22.4. The van der Waals surface area contributed by atoms with Crippen LogP contribution in [0.1, 0.15) is 45.0 Å². The molecule has 0 aliphatic heterocycles. The Hall–Kier alpha value is -2.18. The number of thiocarbonyl (C=S) groups is 1. The van der Waals surface area contributed by atoms with Crippen molar-refractivity contribution in [3.8, 4) is 0 Å². The van der Waals surface area contributed by atoms with Crippen molar-refractivity contribution in [2.75, 3.05) is 30.8 Å². The van der Waals surface area contributed by atoms with Gasteiger partial charge in [0.05, 0.1) is 28.6 Å². The Kier molecular flexibility index (Phi) is 9.76. The highest BCUT2D eigenvalue weighted by Gasteiger charge is 2.27. The minimum absolute atomic E-state index is 0.151. The summed E-state index contributed by atoms with van der Waals surface area (Å²) in [6.07, 6.45) is 1.78. The number of ether oxygens (including phenoxy) is 1. The zero-order valence-electron chi connectivity index (χ0n) is 19.9. The first kappa shape index (κ1) is 28.4. The molecular weight excluding hydrogens is 609 g/mol. The number of methoxy groups -OCH3 is 1. The van der Waals surface area contributed by atoms with E-state index in [9.17, 15) is 9.59 Å². The smallest absolute Gasteiger partial charge is 0.341 e. The van der Waals surface area contributed by atoms with Gasteiger partial charge in [0, 0.05) is 29.3 Å². The maximum Gasteiger partial charge on any atom is 0.341 e. The number of amides is 1. The lowest BCUT2D eigenvalue weighted by Crippen LogP contribution is -2.30. The number of halogens is 3. The lowest BCUT2D eigenvalue weighted by molar-refractivity contribution is 0.0601. The standard InChI is InChI=1S/C23H24BrCl2N5O3S2/c1-5-30(6-2)21(32)18-12(3)17(22(33)34-4)20(36-18)28-23(35)27-19-15(24)11-31(29-19)10-13-7-8-14(25)9-16(13)26/h7-9,11H,5-6,10H2,1-4H3,(H2,27,28,29,35). The van der Waals surface area contributed by atoms with Crippen molar-refractivity contribution in [2.24, 2.45) is 0 Å². The van der Waals surface area contributed by atoms with E-state index in [1.54, 1.807) is 34.8 Å². The normalized spacial score (nSPS) is 10.8. The van der Waals surface area contributed by atoms with Crippen LogP contribution in [0.15, 0.2) is 28.9 Å². The molecule has 1 amide bonds. The van der Waals surface area contributed by atoms with Gasteiger partial charge in [-0.15, -0.1) is 11.3 Å². The molecule has 0 aliphatic carbocycles. The first-order chi connectivity index (χ1) is 17.1. The topological polar surface area (TPSA) is 88.5 Å². The molecule has 3 aromatic rings. The Morgan fingerprint density at radius 3 is 2.56 bits per heavy atom. The Bertz CT molecular complexity index is 1310. The quantitative estimate of drug-likeness (QED) is 0.218. The number of nitrogens with one attached hydrogen (secondary N) is 2. The van der Waals surface area contributed by atoms with Crippen LogP contribution in [0.4, 0.5) is 10.8 Å². The highest BCUT2D eigenvalue weighted by molar-refractivity contribution is 9.10. The number of thiophene rings is 1. The summed E-state index contributed by atoms with van der Waals surface area (Å²) in [6.45, 7) is 7.07. The summed E-state index contributed by atoms with van der Waals surface area (Å²) in [5.74, 6) is -0.246. The molecule has 0 radical (unpaired) electrons. The van der Waals surface area contributed by atoms with Gasteiger partial charge in [-0.3, -0.25) is 9.48 Å². The van der Waals surface area contributed by atoms with Gasteiger partial charge in [-0.25, -0.2) is 4.79 Å². The molecule has 0 saturated carbocycles. The van der Waals surface area contributed by atoms with Crippen LogP contribution in [0.3, 0.4) is 0 Å². The maximum absolute atomic E-state index is 13.0. The SMILES string of the molecule is CCN(CC)C(=O)c1sc(NC(=S)Nc2nn(Cc3ccc(Cl)cc3Cl)cc2Br)c(C(=O)OC)c1C. The number of anilines is 2. The van der Waals surface area contributed by atoms with Gasteiger partial charge in [-0.05, 0) is 72.2 Å². The van der Waals surface area contributed by atoms with E-state index in [1.165, 1.54) is 7.11 Å². The van der Waals surface area contributed by atoms with Gasteiger partial charge < -0.3 is 20.3 Å². The molecule has 1 aromatic carbocycles. The fraction of sp³-hybridized carbons (Fsp3) is 0.304. The highest BCUT2D eigenvalue weighted by atomic mass is 79.9. The third-order valence-electron chi connectivity index (χ3n) is 5.30. The lowest BCUT2D eigenvalue weighted by Gasteiger charge is -2.17. The summed E-state index contributed by atoms with van der Waals surface area (Å²) in [5.41, 5.74) is 1.66. The van der Waals surface area contributed by atoms with Crippen LogP contribution >= 0.6 is 62.7 Å². The van der Waals surface area contributed by atoms with E-state index in [1.807, 2.05) is 19.9 Å². The average molecular weight is 633 g/mol. The Morgan fingerprint density at radius 2 is 1.94 bits per heavy atom. The molecule has 36 heavy (non-hydrogen) atoms. The monoisotopic (exact) mass is 631 g/mol. The van der Waals surface area contributed by atoms with Crippen LogP contribution in [-0.4, -0.2) is 51.9 Å². The van der Waals surface area contributed by atoms with Gasteiger partial charge in [-0.1, -0.05) is 29.3 Å². The Morgan fingerprint density at radius 1 is 1.25 bits per heavy atom. The van der Waals surface area contributed by atoms with Gasteiger partial charge in [-0.2, -0.15) is 5.10 Å². The fourth-order valence-corrected chi connectivity index (χ4v) is 5.75. The Labute approximate surface area is 237 Å². The first-order valence-electron chi connectivity index (χ1n) is 10.8. The number of esters is 1. The molecule has 0 unspecified atom stereocenters. The minimum atomic E-state index is -0.557. The van der Waals surface area contributed by atoms with Gasteiger partial charge in [0.2, 0.25) is 0 Å². The predicted octanol–water partition coefficient (Wildman–Crippen LogP) is 6.45. The average Bonchev–Trinajstić information content (AvgIpc) is 3.34. The number of hydrogen-bond acceptors (Lipinski definition) is 6. The molecule has 192 valence electrons. The van der Waals surface area contributed by atoms with Crippen molar-refractivity contribution in [1.29, 1.82) is 0 Å². The second-order valence-corrected chi connectivity index (χ2v) is 10.7. The minimum Gasteiger partial charge on any atom is -0.465 e. The number of rotatable bonds is 8. The van der Waals surface area contributed by atoms with Crippen LogP contribution < -0.4 is 10.6 Å². The van der Waals surface area contributed by atoms with Crippen molar-refractivity contribution >= 4 is 90.5 Å². The van der Waals surface area contributed by atoms with Gasteiger partial charge >= 0.3 is 5.97 Å². The van der Waals surface area contributed by atoms with Crippen molar-refractivity contribution in [3.05, 3.63) is 60.5 Å². The molecule has 2 aromatic heterocycles. The van der Waals surface area contributed by atoms with Crippen molar-refractivity contribution in [1.82, 2.24) is 14.7 Å². The fourth-order valence-electron chi connectivity index (χ4n) is 3.44. The second kappa shape index (κ2) is 12.4. The predicted molar refractivity (Wildman–Crippen MR) is 153 cm³/mol. The third-order valence-corrected chi connectivity index (χ3v) is 7.87. The van der Waals surface area contributed by atoms with Gasteiger partial charge in [0.1, 0.15) is 5.00 Å². The van der Waals surface area contributed by atoms with E-state index in [0.717, 1.165) is 16.9 Å². The molecule has 2 heterocycles. The largest absolute Gasteiger partial charge is 0.465 e. The van der Waals surface area contributed by atoms with Gasteiger partial charge in [0.25, 0.3) is 5.91 Å². The van der Waals surface area contributed by atoms with Crippen LogP contribution in [0, 0.1) is 6.92 Å². The molecule has 0 bridgehead atoms. The van der Waals surface area contributed by atoms with Crippen LogP contribution in [0.25, 0.3) is 0 Å². The molecule has 0 saturated heterocycles. The van der Waals surface area contributed by atoms with E-state index in [0.29, 0.717) is 55.4 Å². The second-order valence-electron chi connectivity index (χ2n) is 7.57. The molecule has 0 aliphatic rings. The van der Waals surface area contributed by atoms with E-state index < -0.39 is 5.97 Å². The van der Waals surface area contributed by atoms with Crippen LogP contribution in [-0.2, 0) is 11.3 Å². The summed E-state index contributed by atoms with van der Waals surface area (Å²) < 4.78 is 7.32. The van der Waals surface area contributed by atoms with Crippen molar-refractivity contribution in [3.63, 3.8) is 0 Å². The maximum atomic E-state index is 13.0. The molecule has 0 spiro atoms. The number of aromatic nitrogens is 2. The molecular formula is C23H24BrCl2N5O3S2. The number of hydrogen-bond donors (Lipinski definition) is 2. The molecule has 0 fully saturated rings. The Balaban J connectivity index is 1.81. The van der Waals surface area contributed by atoms with Crippen LogP contribution in [0.5, 0.6) is 0 Å².